The van der Waals surface area contributed by atoms with Crippen LogP contribution < -0.4 is 0 Å². The van der Waals surface area contributed by atoms with Crippen LogP contribution in [0, 0.1) is 0 Å². The van der Waals surface area contributed by atoms with Gasteiger partial charge in [-0.05, 0) is 41.1 Å². The third kappa shape index (κ3) is 2.87. The molecule has 0 radical (unpaired) electrons. The third-order valence-electron chi connectivity index (χ3n) is 5.53. The number of aromatic hydroxyl groups is 1. The van der Waals surface area contributed by atoms with Crippen molar-refractivity contribution in [3.8, 4) is 17.5 Å². The van der Waals surface area contributed by atoms with E-state index >= 15 is 0 Å². The molecule has 1 aromatic carbocycles. The number of furan rings is 1. The molecule has 8 heteroatoms. The van der Waals surface area contributed by atoms with Gasteiger partial charge < -0.3 is 9.52 Å². The summed E-state index contributed by atoms with van der Waals surface area (Å²) < 4.78 is 6.93. The molecule has 0 fully saturated rings. The summed E-state index contributed by atoms with van der Waals surface area (Å²) in [5.41, 5.74) is 2.76. The molecule has 30 heavy (non-hydrogen) atoms. The van der Waals surface area contributed by atoms with E-state index in [9.17, 15) is 5.11 Å². The number of thiazole rings is 1. The summed E-state index contributed by atoms with van der Waals surface area (Å²) in [5.74, 6) is 1.22. The molecule has 6 nitrogen and oxygen atoms in total. The first-order chi connectivity index (χ1) is 14.8. The number of aromatic nitrogens is 3. The Hall–Kier alpha value is -2.94. The zero-order chi connectivity index (χ0) is 20.1. The van der Waals surface area contributed by atoms with E-state index in [-0.39, 0.29) is 11.9 Å². The molecule has 0 spiro atoms. The molecule has 6 rings (SSSR count). The van der Waals surface area contributed by atoms with Crippen LogP contribution in [0.5, 0.6) is 5.88 Å². The molecule has 0 aliphatic carbocycles. The number of hydrogen-bond acceptors (Lipinski definition) is 7. The lowest BCUT2D eigenvalue weighted by molar-refractivity contribution is 0.208. The van der Waals surface area contributed by atoms with Gasteiger partial charge in [0.15, 0.2) is 5.76 Å². The molecule has 1 N–H and O–H groups in total. The van der Waals surface area contributed by atoms with E-state index in [1.807, 2.05) is 6.07 Å². The number of fused-ring (bicyclic) bond motifs is 2. The normalized spacial score (nSPS) is 15.5. The number of thiophene rings is 1. The second kappa shape index (κ2) is 7.09. The van der Waals surface area contributed by atoms with E-state index in [2.05, 4.69) is 56.8 Å². The monoisotopic (exact) mass is 434 g/mol. The van der Waals surface area contributed by atoms with E-state index < -0.39 is 0 Å². The average Bonchev–Trinajstić information content (AvgIpc) is 3.56. The highest BCUT2D eigenvalue weighted by molar-refractivity contribution is 7.17. The van der Waals surface area contributed by atoms with E-state index in [1.165, 1.54) is 31.9 Å². The van der Waals surface area contributed by atoms with Crippen LogP contribution in [0.2, 0.25) is 0 Å². The molecular weight excluding hydrogens is 416 g/mol. The Labute approximate surface area is 180 Å². The van der Waals surface area contributed by atoms with Crippen molar-refractivity contribution < 1.29 is 9.52 Å². The molecule has 4 aromatic heterocycles. The molecule has 0 saturated heterocycles. The van der Waals surface area contributed by atoms with Gasteiger partial charge in [-0.15, -0.1) is 16.4 Å². The maximum atomic E-state index is 11.1. The fourth-order valence-electron chi connectivity index (χ4n) is 4.10. The lowest BCUT2D eigenvalue weighted by Crippen LogP contribution is -2.34. The van der Waals surface area contributed by atoms with E-state index in [0.29, 0.717) is 16.5 Å². The SMILES string of the molecule is Oc1c([C@@H](c2cccs2)N2CCc3ccccc3C2)sc2nc(-c3ccco3)nn12. The summed E-state index contributed by atoms with van der Waals surface area (Å²) in [6.07, 6.45) is 2.60. The minimum atomic E-state index is -0.0288. The second-order valence-corrected chi connectivity index (χ2v) is 9.29. The van der Waals surface area contributed by atoms with Crippen molar-refractivity contribution in [3.63, 3.8) is 0 Å². The fourth-order valence-corrected chi connectivity index (χ4v) is 6.15. The largest absolute Gasteiger partial charge is 0.492 e. The number of rotatable bonds is 4. The van der Waals surface area contributed by atoms with Gasteiger partial charge in [0.2, 0.25) is 16.7 Å². The predicted octanol–water partition coefficient (Wildman–Crippen LogP) is 4.97. The van der Waals surface area contributed by atoms with Crippen molar-refractivity contribution >= 4 is 27.6 Å². The van der Waals surface area contributed by atoms with Gasteiger partial charge in [0.25, 0.3) is 0 Å². The molecule has 0 unspecified atom stereocenters. The number of hydrogen-bond donors (Lipinski definition) is 1. The fraction of sp³-hybridized carbons (Fsp3) is 0.182. The lowest BCUT2D eigenvalue weighted by atomic mass is 9.98. The summed E-state index contributed by atoms with van der Waals surface area (Å²) in [7, 11) is 0. The van der Waals surface area contributed by atoms with E-state index in [0.717, 1.165) is 24.4 Å². The molecule has 0 bridgehead atoms. The zero-order valence-electron chi connectivity index (χ0n) is 15.9. The van der Waals surface area contributed by atoms with Gasteiger partial charge in [-0.1, -0.05) is 41.7 Å². The predicted molar refractivity (Wildman–Crippen MR) is 117 cm³/mol. The average molecular weight is 435 g/mol. The molecule has 5 heterocycles. The zero-order valence-corrected chi connectivity index (χ0v) is 17.6. The van der Waals surface area contributed by atoms with Gasteiger partial charge in [-0.25, -0.2) is 0 Å². The van der Waals surface area contributed by atoms with Crippen LogP contribution in [0.1, 0.15) is 26.9 Å². The van der Waals surface area contributed by atoms with Crippen molar-refractivity contribution in [2.24, 2.45) is 0 Å². The van der Waals surface area contributed by atoms with Gasteiger partial charge in [0.05, 0.1) is 17.2 Å². The van der Waals surface area contributed by atoms with Gasteiger partial charge in [-0.2, -0.15) is 9.50 Å². The molecule has 0 saturated carbocycles. The maximum Gasteiger partial charge on any atom is 0.230 e. The third-order valence-corrected chi connectivity index (χ3v) is 7.52. The minimum absolute atomic E-state index is 0.0288. The minimum Gasteiger partial charge on any atom is -0.492 e. The van der Waals surface area contributed by atoms with Crippen molar-refractivity contribution in [2.45, 2.75) is 19.0 Å². The Bertz CT molecular complexity index is 1300. The van der Waals surface area contributed by atoms with Crippen LogP contribution >= 0.6 is 22.7 Å². The molecular formula is C22H18N4O2S2. The van der Waals surface area contributed by atoms with Crippen LogP contribution in [-0.4, -0.2) is 31.1 Å². The molecule has 1 aliphatic heterocycles. The standard InChI is InChI=1S/C22H18N4O2S2/c27-21-19(30-22-23-20(24-26(21)22)16-7-3-11-28-16)18(17-8-4-12-29-17)25-10-9-14-5-1-2-6-15(14)13-25/h1-8,11-12,18,27H,9-10,13H2/t18-/m1/s1. The Kier molecular flexibility index (Phi) is 4.22. The molecule has 1 atom stereocenters. The first-order valence-electron chi connectivity index (χ1n) is 9.74. The van der Waals surface area contributed by atoms with E-state index in [1.54, 1.807) is 23.7 Å². The lowest BCUT2D eigenvalue weighted by Gasteiger charge is -2.34. The first kappa shape index (κ1) is 17.9. The Morgan fingerprint density at radius 1 is 1.07 bits per heavy atom. The molecule has 150 valence electrons. The molecule has 1 aliphatic rings. The highest BCUT2D eigenvalue weighted by Gasteiger charge is 2.32. The van der Waals surface area contributed by atoms with Gasteiger partial charge in [-0.3, -0.25) is 4.90 Å². The van der Waals surface area contributed by atoms with Crippen LogP contribution in [0.15, 0.2) is 64.6 Å². The summed E-state index contributed by atoms with van der Waals surface area (Å²) in [5, 5.41) is 17.7. The second-order valence-electron chi connectivity index (χ2n) is 7.30. The maximum absolute atomic E-state index is 11.1. The quantitative estimate of drug-likeness (QED) is 0.433. The summed E-state index contributed by atoms with van der Waals surface area (Å²) >= 11 is 3.20. The van der Waals surface area contributed by atoms with Crippen molar-refractivity contribution in [1.29, 1.82) is 0 Å². The number of nitrogens with zero attached hydrogens (tertiary/aromatic N) is 4. The highest BCUT2D eigenvalue weighted by atomic mass is 32.1. The van der Waals surface area contributed by atoms with Crippen LogP contribution in [0.3, 0.4) is 0 Å². The van der Waals surface area contributed by atoms with Gasteiger partial charge in [0.1, 0.15) is 0 Å². The Morgan fingerprint density at radius 3 is 2.73 bits per heavy atom. The number of benzene rings is 1. The smallest absolute Gasteiger partial charge is 0.230 e. The van der Waals surface area contributed by atoms with Crippen molar-refractivity contribution in [3.05, 3.63) is 81.1 Å². The summed E-state index contributed by atoms with van der Waals surface area (Å²) in [6.45, 7) is 1.79. The Morgan fingerprint density at radius 2 is 1.97 bits per heavy atom. The summed E-state index contributed by atoms with van der Waals surface area (Å²) in [6, 6.07) is 16.4. The molecule has 5 aromatic rings. The molecule has 0 amide bonds. The highest BCUT2D eigenvalue weighted by Crippen LogP contribution is 2.43. The van der Waals surface area contributed by atoms with Crippen LogP contribution in [0.4, 0.5) is 0 Å². The van der Waals surface area contributed by atoms with Crippen LogP contribution in [-0.2, 0) is 13.0 Å². The summed E-state index contributed by atoms with van der Waals surface area (Å²) in [4.78, 5) is 9.76. The first-order valence-corrected chi connectivity index (χ1v) is 11.4. The van der Waals surface area contributed by atoms with E-state index in [4.69, 9.17) is 4.42 Å². The van der Waals surface area contributed by atoms with Gasteiger partial charge in [0, 0.05) is 18.0 Å². The van der Waals surface area contributed by atoms with Crippen LogP contribution in [0.25, 0.3) is 16.5 Å². The van der Waals surface area contributed by atoms with Gasteiger partial charge >= 0.3 is 0 Å². The Balaban J connectivity index is 1.43. The van der Waals surface area contributed by atoms with Crippen molar-refractivity contribution in [1.82, 2.24) is 19.5 Å². The topological polar surface area (TPSA) is 66.8 Å². The van der Waals surface area contributed by atoms with Crippen molar-refractivity contribution in [2.75, 3.05) is 6.54 Å².